The number of methoxy groups -OCH3 is 1. The van der Waals surface area contributed by atoms with E-state index in [9.17, 15) is 4.79 Å². The van der Waals surface area contributed by atoms with Gasteiger partial charge < -0.3 is 19.7 Å². The minimum Gasteiger partial charge on any atom is -0.467 e. The first-order chi connectivity index (χ1) is 14.2. The van der Waals surface area contributed by atoms with Crippen molar-refractivity contribution in [2.24, 2.45) is 0 Å². The molecule has 1 amide bonds. The molecule has 3 aromatic rings. The number of carbonyl (C=O) groups excluding carboxylic acids is 1. The number of nitrogens with one attached hydrogen (secondary N) is 1. The molecule has 0 radical (unpaired) electrons. The van der Waals surface area contributed by atoms with Gasteiger partial charge >= 0.3 is 6.01 Å². The topological polar surface area (TPSA) is 89.5 Å². The fourth-order valence-electron chi connectivity index (χ4n) is 2.95. The number of morpholine rings is 1. The molecule has 1 fully saturated rings. The van der Waals surface area contributed by atoms with Gasteiger partial charge in [-0.15, -0.1) is 11.3 Å². The smallest absolute Gasteiger partial charge is 0.321 e. The van der Waals surface area contributed by atoms with E-state index in [-0.39, 0.29) is 18.5 Å². The molecule has 150 valence electrons. The second kappa shape index (κ2) is 8.97. The lowest BCUT2D eigenvalue weighted by Crippen LogP contribution is -2.37. The Morgan fingerprint density at radius 3 is 2.66 bits per heavy atom. The lowest BCUT2D eigenvalue weighted by molar-refractivity contribution is 0.0949. The lowest BCUT2D eigenvalue weighted by atomic mass is 10.1. The fourth-order valence-corrected chi connectivity index (χ4v) is 3.68. The normalized spacial score (nSPS) is 13.9. The average molecular weight is 411 g/mol. The van der Waals surface area contributed by atoms with Crippen molar-refractivity contribution in [3.8, 4) is 16.5 Å². The van der Waals surface area contributed by atoms with E-state index in [1.807, 2.05) is 40.6 Å². The highest BCUT2D eigenvalue weighted by Gasteiger charge is 2.17. The highest BCUT2D eigenvalue weighted by Crippen LogP contribution is 2.24. The lowest BCUT2D eigenvalue weighted by Gasteiger charge is -2.26. The molecule has 0 saturated carbocycles. The van der Waals surface area contributed by atoms with E-state index in [1.54, 1.807) is 11.3 Å². The number of nitrogens with zero attached hydrogens (tertiary/aromatic N) is 4. The van der Waals surface area contributed by atoms with Gasteiger partial charge in [-0.25, -0.2) is 0 Å². The van der Waals surface area contributed by atoms with Crippen LogP contribution in [0.15, 0.2) is 41.8 Å². The fraction of sp³-hybridized carbons (Fsp3) is 0.300. The highest BCUT2D eigenvalue weighted by atomic mass is 32.1. The maximum absolute atomic E-state index is 12.5. The molecular weight excluding hydrogens is 390 g/mol. The van der Waals surface area contributed by atoms with E-state index in [0.717, 1.165) is 5.56 Å². The van der Waals surface area contributed by atoms with Crippen LogP contribution in [-0.2, 0) is 11.3 Å². The third kappa shape index (κ3) is 4.69. The maximum atomic E-state index is 12.5. The number of thiophene rings is 1. The summed E-state index contributed by atoms with van der Waals surface area (Å²) in [6.45, 7) is 2.84. The van der Waals surface area contributed by atoms with Crippen LogP contribution in [0.2, 0.25) is 0 Å². The average Bonchev–Trinajstić information content (AvgIpc) is 3.33. The van der Waals surface area contributed by atoms with Crippen molar-refractivity contribution in [1.82, 2.24) is 20.3 Å². The molecule has 2 aromatic heterocycles. The predicted molar refractivity (Wildman–Crippen MR) is 110 cm³/mol. The Labute approximate surface area is 172 Å². The van der Waals surface area contributed by atoms with Crippen molar-refractivity contribution in [3.05, 3.63) is 53.2 Å². The van der Waals surface area contributed by atoms with Crippen LogP contribution in [0, 0.1) is 0 Å². The van der Waals surface area contributed by atoms with Crippen LogP contribution in [0.5, 0.6) is 6.01 Å². The number of benzene rings is 1. The van der Waals surface area contributed by atoms with Crippen LogP contribution in [0.4, 0.5) is 5.95 Å². The molecule has 0 aliphatic carbocycles. The molecule has 0 spiro atoms. The van der Waals surface area contributed by atoms with E-state index in [4.69, 9.17) is 9.47 Å². The minimum atomic E-state index is -0.185. The molecule has 1 N–H and O–H groups in total. The Morgan fingerprint density at radius 1 is 1.17 bits per heavy atom. The number of hydrogen-bond acceptors (Lipinski definition) is 8. The summed E-state index contributed by atoms with van der Waals surface area (Å²) in [5, 5.41) is 4.89. The number of hydrogen-bond donors (Lipinski definition) is 1. The molecule has 8 nitrogen and oxygen atoms in total. The number of ether oxygens (including phenoxy) is 2. The van der Waals surface area contributed by atoms with Gasteiger partial charge in [0.05, 0.1) is 26.9 Å². The number of aromatic nitrogens is 3. The molecule has 29 heavy (non-hydrogen) atoms. The molecular formula is C20H21N5O3S. The summed E-state index contributed by atoms with van der Waals surface area (Å²) in [5.41, 5.74) is 1.67. The van der Waals surface area contributed by atoms with Gasteiger partial charge in [-0.1, -0.05) is 18.2 Å². The van der Waals surface area contributed by atoms with Crippen molar-refractivity contribution in [1.29, 1.82) is 0 Å². The van der Waals surface area contributed by atoms with Crippen LogP contribution in [-0.4, -0.2) is 54.3 Å². The second-order valence-corrected chi connectivity index (χ2v) is 7.32. The predicted octanol–water partition coefficient (Wildman–Crippen LogP) is 2.38. The minimum absolute atomic E-state index is 0.182. The summed E-state index contributed by atoms with van der Waals surface area (Å²) in [5.74, 6) is 0.793. The van der Waals surface area contributed by atoms with E-state index in [0.29, 0.717) is 43.6 Å². The summed E-state index contributed by atoms with van der Waals surface area (Å²) in [4.78, 5) is 28.7. The van der Waals surface area contributed by atoms with E-state index in [1.165, 1.54) is 12.0 Å². The van der Waals surface area contributed by atoms with Crippen molar-refractivity contribution in [3.63, 3.8) is 0 Å². The largest absolute Gasteiger partial charge is 0.467 e. The monoisotopic (exact) mass is 411 g/mol. The Balaban J connectivity index is 1.43. The molecule has 1 aliphatic rings. The second-order valence-electron chi connectivity index (χ2n) is 6.38. The zero-order valence-electron chi connectivity index (χ0n) is 16.0. The van der Waals surface area contributed by atoms with Gasteiger partial charge in [0.25, 0.3) is 5.91 Å². The highest BCUT2D eigenvalue weighted by molar-refractivity contribution is 7.13. The summed E-state index contributed by atoms with van der Waals surface area (Å²) < 4.78 is 10.6. The molecule has 0 atom stereocenters. The molecule has 3 heterocycles. The summed E-state index contributed by atoms with van der Waals surface area (Å²) in [6, 6.07) is 11.8. The Morgan fingerprint density at radius 2 is 1.97 bits per heavy atom. The first kappa shape index (κ1) is 19.3. The first-order valence-electron chi connectivity index (χ1n) is 9.27. The Kier molecular flexibility index (Phi) is 5.97. The first-order valence-corrected chi connectivity index (χ1v) is 10.1. The molecule has 1 saturated heterocycles. The molecule has 1 aromatic carbocycles. The van der Waals surface area contributed by atoms with Crippen LogP contribution in [0.1, 0.15) is 16.2 Å². The van der Waals surface area contributed by atoms with Gasteiger partial charge in [-0.3, -0.25) is 4.79 Å². The summed E-state index contributed by atoms with van der Waals surface area (Å²) in [6.07, 6.45) is 0. The van der Waals surface area contributed by atoms with Gasteiger partial charge in [0, 0.05) is 23.5 Å². The van der Waals surface area contributed by atoms with Crippen LogP contribution < -0.4 is 15.0 Å². The van der Waals surface area contributed by atoms with Gasteiger partial charge in [-0.05, 0) is 29.1 Å². The van der Waals surface area contributed by atoms with Crippen LogP contribution in [0.25, 0.3) is 10.4 Å². The SMILES string of the molecule is COc1nc(CNC(=O)c2ccc(-c3cccs3)cc2)nc(N2CCOCC2)n1. The molecule has 0 unspecified atom stereocenters. The van der Waals surface area contributed by atoms with Crippen molar-refractivity contribution in [2.75, 3.05) is 38.3 Å². The van der Waals surface area contributed by atoms with E-state index < -0.39 is 0 Å². The molecule has 0 bridgehead atoms. The third-order valence-electron chi connectivity index (χ3n) is 4.49. The number of carbonyl (C=O) groups is 1. The zero-order chi connectivity index (χ0) is 20.1. The Bertz CT molecular complexity index is 957. The van der Waals surface area contributed by atoms with Crippen LogP contribution >= 0.6 is 11.3 Å². The quantitative estimate of drug-likeness (QED) is 0.666. The van der Waals surface area contributed by atoms with Crippen LogP contribution in [0.3, 0.4) is 0 Å². The summed E-state index contributed by atoms with van der Waals surface area (Å²) in [7, 11) is 1.51. The van der Waals surface area contributed by atoms with Gasteiger partial charge in [0.15, 0.2) is 5.82 Å². The summed E-state index contributed by atoms with van der Waals surface area (Å²) >= 11 is 1.67. The van der Waals surface area contributed by atoms with Crippen molar-refractivity contribution < 1.29 is 14.3 Å². The van der Waals surface area contributed by atoms with Gasteiger partial charge in [0.1, 0.15) is 0 Å². The standard InChI is InChI=1S/C20H21N5O3S/c1-27-20-23-17(22-19(24-20)25-8-10-28-11-9-25)13-21-18(26)15-6-4-14(5-7-15)16-3-2-12-29-16/h2-7,12H,8-11,13H2,1H3,(H,21,26). The maximum Gasteiger partial charge on any atom is 0.321 e. The number of amides is 1. The van der Waals surface area contributed by atoms with Gasteiger partial charge in [0.2, 0.25) is 5.95 Å². The molecule has 1 aliphatic heterocycles. The number of rotatable bonds is 6. The van der Waals surface area contributed by atoms with Crippen molar-refractivity contribution in [2.45, 2.75) is 6.54 Å². The number of anilines is 1. The zero-order valence-corrected chi connectivity index (χ0v) is 16.8. The van der Waals surface area contributed by atoms with E-state index in [2.05, 4.69) is 26.3 Å². The van der Waals surface area contributed by atoms with E-state index >= 15 is 0 Å². The third-order valence-corrected chi connectivity index (χ3v) is 5.40. The molecule has 9 heteroatoms. The molecule has 4 rings (SSSR count). The van der Waals surface area contributed by atoms with Crippen molar-refractivity contribution >= 4 is 23.2 Å². The Hall–Kier alpha value is -3.04. The van der Waals surface area contributed by atoms with Gasteiger partial charge in [-0.2, -0.15) is 15.0 Å².